The monoisotopic (exact) mass is 336 g/mol. The number of carbonyl (C=O) groups is 1. The maximum atomic E-state index is 13.6. The van der Waals surface area contributed by atoms with Crippen LogP contribution in [-0.4, -0.2) is 27.8 Å². The van der Waals surface area contributed by atoms with E-state index in [2.05, 4.69) is 15.3 Å². The van der Waals surface area contributed by atoms with Gasteiger partial charge in [0.15, 0.2) is 0 Å². The van der Waals surface area contributed by atoms with Gasteiger partial charge in [-0.15, -0.1) is 0 Å². The molecule has 0 fully saturated rings. The molecule has 0 aliphatic heterocycles. The van der Waals surface area contributed by atoms with Crippen LogP contribution < -0.4 is 5.32 Å². The highest BCUT2D eigenvalue weighted by atomic mass is 19.1. The van der Waals surface area contributed by atoms with Crippen LogP contribution in [0.1, 0.15) is 16.1 Å². The number of rotatable bonds is 5. The zero-order valence-electron chi connectivity index (χ0n) is 13.7. The van der Waals surface area contributed by atoms with Gasteiger partial charge in [-0.3, -0.25) is 4.79 Å². The maximum Gasteiger partial charge on any atom is 0.274 e. The molecule has 1 heterocycles. The fourth-order valence-electron chi connectivity index (χ4n) is 2.33. The van der Waals surface area contributed by atoms with Crippen molar-refractivity contribution >= 4 is 17.4 Å². The third-order valence-electron chi connectivity index (χ3n) is 3.62. The molecule has 3 rings (SSSR count). The molecule has 0 aliphatic rings. The minimum absolute atomic E-state index is 0.228. The van der Waals surface area contributed by atoms with E-state index in [-0.39, 0.29) is 17.4 Å². The van der Waals surface area contributed by atoms with E-state index in [0.717, 1.165) is 5.56 Å². The van der Waals surface area contributed by atoms with E-state index in [1.807, 2.05) is 30.3 Å². The molecule has 0 aliphatic carbocycles. The van der Waals surface area contributed by atoms with Crippen LogP contribution in [0.15, 0.2) is 67.0 Å². The van der Waals surface area contributed by atoms with Crippen LogP contribution in [0, 0.1) is 5.82 Å². The van der Waals surface area contributed by atoms with E-state index >= 15 is 0 Å². The van der Waals surface area contributed by atoms with Gasteiger partial charge < -0.3 is 10.2 Å². The first-order valence-corrected chi connectivity index (χ1v) is 7.76. The number of para-hydroxylation sites is 1. The first-order chi connectivity index (χ1) is 12.1. The Balaban J connectivity index is 1.67. The van der Waals surface area contributed by atoms with Gasteiger partial charge in [-0.05, 0) is 17.7 Å². The molecule has 0 radical (unpaired) electrons. The second-order valence-electron chi connectivity index (χ2n) is 5.54. The van der Waals surface area contributed by atoms with Gasteiger partial charge in [0.1, 0.15) is 17.3 Å². The van der Waals surface area contributed by atoms with Crippen LogP contribution in [-0.2, 0) is 6.54 Å². The predicted octanol–water partition coefficient (Wildman–Crippen LogP) is 3.63. The highest BCUT2D eigenvalue weighted by Gasteiger charge is 2.14. The molecule has 6 heteroatoms. The highest BCUT2D eigenvalue weighted by molar-refractivity contribution is 5.91. The summed E-state index contributed by atoms with van der Waals surface area (Å²) in [5.74, 6) is -0.242. The van der Waals surface area contributed by atoms with Gasteiger partial charge in [0, 0.05) is 13.6 Å². The summed E-state index contributed by atoms with van der Waals surface area (Å²) in [4.78, 5) is 22.3. The van der Waals surface area contributed by atoms with E-state index < -0.39 is 0 Å². The standard InChI is InChI=1S/C19H17FN4O/c1-24(13-14-7-3-2-4-8-14)19(25)17-11-22-18(12-21-17)23-16-10-6-5-9-15(16)20/h2-12H,13H2,1H3,(H,22,23). The summed E-state index contributed by atoms with van der Waals surface area (Å²) in [5, 5.41) is 2.83. The van der Waals surface area contributed by atoms with E-state index in [1.54, 1.807) is 30.1 Å². The van der Waals surface area contributed by atoms with Gasteiger partial charge >= 0.3 is 0 Å². The van der Waals surface area contributed by atoms with Gasteiger partial charge in [-0.25, -0.2) is 14.4 Å². The van der Waals surface area contributed by atoms with Crippen molar-refractivity contribution in [3.8, 4) is 0 Å². The summed E-state index contributed by atoms with van der Waals surface area (Å²) in [6, 6.07) is 16.0. The minimum Gasteiger partial charge on any atom is -0.337 e. The SMILES string of the molecule is CN(Cc1ccccc1)C(=O)c1cnc(Nc2ccccc2F)cn1. The Morgan fingerprint density at radius 1 is 1.04 bits per heavy atom. The molecule has 5 nitrogen and oxygen atoms in total. The van der Waals surface area contributed by atoms with Crippen LogP contribution in [0.2, 0.25) is 0 Å². The molecule has 0 spiro atoms. The number of amides is 1. The Kier molecular flexibility index (Phi) is 4.99. The smallest absolute Gasteiger partial charge is 0.274 e. The Hall–Kier alpha value is -3.28. The molecule has 1 amide bonds. The van der Waals surface area contributed by atoms with Crippen LogP contribution in [0.25, 0.3) is 0 Å². The lowest BCUT2D eigenvalue weighted by Gasteiger charge is -2.16. The van der Waals surface area contributed by atoms with Crippen molar-refractivity contribution in [3.63, 3.8) is 0 Å². The highest BCUT2D eigenvalue weighted by Crippen LogP contribution is 2.17. The van der Waals surface area contributed by atoms with Gasteiger partial charge in [0.2, 0.25) is 0 Å². The second kappa shape index (κ2) is 7.53. The number of nitrogens with one attached hydrogen (secondary N) is 1. The number of nitrogens with zero attached hydrogens (tertiary/aromatic N) is 3. The number of benzene rings is 2. The number of anilines is 2. The van der Waals surface area contributed by atoms with Crippen molar-refractivity contribution in [2.45, 2.75) is 6.54 Å². The normalized spacial score (nSPS) is 10.3. The zero-order chi connectivity index (χ0) is 17.6. The first kappa shape index (κ1) is 16.6. The number of halogens is 1. The Labute approximate surface area is 145 Å². The maximum absolute atomic E-state index is 13.6. The third-order valence-corrected chi connectivity index (χ3v) is 3.62. The third kappa shape index (κ3) is 4.17. The van der Waals surface area contributed by atoms with Crippen molar-refractivity contribution < 1.29 is 9.18 Å². The molecule has 25 heavy (non-hydrogen) atoms. The molecule has 3 aromatic rings. The molecular weight excluding hydrogens is 319 g/mol. The molecule has 0 saturated heterocycles. The topological polar surface area (TPSA) is 58.1 Å². The summed E-state index contributed by atoms with van der Waals surface area (Å²) in [5.41, 5.74) is 1.57. The van der Waals surface area contributed by atoms with Crippen LogP contribution in [0.4, 0.5) is 15.9 Å². The molecule has 1 N–H and O–H groups in total. The molecule has 0 bridgehead atoms. The Bertz CT molecular complexity index is 853. The average Bonchev–Trinajstić information content (AvgIpc) is 2.64. The molecule has 0 unspecified atom stereocenters. The van der Waals surface area contributed by atoms with Crippen molar-refractivity contribution in [1.29, 1.82) is 0 Å². The summed E-state index contributed by atoms with van der Waals surface area (Å²) in [6.07, 6.45) is 2.79. The lowest BCUT2D eigenvalue weighted by molar-refractivity contribution is 0.0779. The minimum atomic E-state index is -0.382. The molecule has 0 saturated carbocycles. The summed E-state index contributed by atoms with van der Waals surface area (Å²) < 4.78 is 13.6. The Morgan fingerprint density at radius 2 is 1.76 bits per heavy atom. The largest absolute Gasteiger partial charge is 0.337 e. The van der Waals surface area contributed by atoms with Crippen molar-refractivity contribution in [1.82, 2.24) is 14.9 Å². The molecular formula is C19H17FN4O. The summed E-state index contributed by atoms with van der Waals surface area (Å²) >= 11 is 0. The molecule has 2 aromatic carbocycles. The van der Waals surface area contributed by atoms with Crippen LogP contribution in [0.5, 0.6) is 0 Å². The first-order valence-electron chi connectivity index (χ1n) is 7.76. The lowest BCUT2D eigenvalue weighted by Crippen LogP contribution is -2.27. The van der Waals surface area contributed by atoms with E-state index in [9.17, 15) is 9.18 Å². The zero-order valence-corrected chi connectivity index (χ0v) is 13.7. The number of hydrogen-bond donors (Lipinski definition) is 1. The molecule has 0 atom stereocenters. The quantitative estimate of drug-likeness (QED) is 0.773. The summed E-state index contributed by atoms with van der Waals surface area (Å²) in [7, 11) is 1.71. The van der Waals surface area contributed by atoms with Gasteiger partial charge in [0.25, 0.3) is 5.91 Å². The van der Waals surface area contributed by atoms with E-state index in [0.29, 0.717) is 18.1 Å². The number of hydrogen-bond acceptors (Lipinski definition) is 4. The Morgan fingerprint density at radius 3 is 2.44 bits per heavy atom. The second-order valence-corrected chi connectivity index (χ2v) is 5.54. The number of carbonyl (C=O) groups excluding carboxylic acids is 1. The van der Waals surface area contributed by atoms with Gasteiger partial charge in [0.05, 0.1) is 18.1 Å². The van der Waals surface area contributed by atoms with Gasteiger partial charge in [-0.1, -0.05) is 42.5 Å². The fraction of sp³-hybridized carbons (Fsp3) is 0.105. The summed E-state index contributed by atoms with van der Waals surface area (Å²) in [6.45, 7) is 0.483. The predicted molar refractivity (Wildman–Crippen MR) is 94.0 cm³/mol. The van der Waals surface area contributed by atoms with Crippen LogP contribution in [0.3, 0.4) is 0 Å². The fourth-order valence-corrected chi connectivity index (χ4v) is 2.33. The van der Waals surface area contributed by atoms with Crippen molar-refractivity contribution in [2.75, 3.05) is 12.4 Å². The molecule has 1 aromatic heterocycles. The van der Waals surface area contributed by atoms with Crippen LogP contribution >= 0.6 is 0 Å². The van der Waals surface area contributed by atoms with Crippen molar-refractivity contribution in [3.05, 3.63) is 84.1 Å². The van der Waals surface area contributed by atoms with Crippen molar-refractivity contribution in [2.24, 2.45) is 0 Å². The van der Waals surface area contributed by atoms with E-state index in [1.165, 1.54) is 18.5 Å². The average molecular weight is 336 g/mol. The molecule has 126 valence electrons. The number of aromatic nitrogens is 2. The lowest BCUT2D eigenvalue weighted by atomic mass is 10.2. The van der Waals surface area contributed by atoms with E-state index in [4.69, 9.17) is 0 Å². The van der Waals surface area contributed by atoms with Gasteiger partial charge in [-0.2, -0.15) is 0 Å².